The number of hydrogen-bond donors (Lipinski definition) is 1. The van der Waals surface area contributed by atoms with Crippen LogP contribution >= 0.6 is 34.3 Å². The molecule has 0 spiro atoms. The Morgan fingerprint density at radius 2 is 2.11 bits per heavy atom. The van der Waals surface area contributed by atoms with Crippen molar-refractivity contribution in [3.8, 4) is 0 Å². The lowest BCUT2D eigenvalue weighted by molar-refractivity contribution is 0.102. The molecule has 8 heteroatoms. The molecule has 3 heterocycles. The zero-order valence-corrected chi connectivity index (χ0v) is 17.2. The molecule has 1 aliphatic rings. The first-order chi connectivity index (χ1) is 13.1. The van der Waals surface area contributed by atoms with E-state index in [9.17, 15) is 4.79 Å². The quantitative estimate of drug-likeness (QED) is 0.632. The summed E-state index contributed by atoms with van der Waals surface area (Å²) < 4.78 is 0. The molecule has 0 saturated carbocycles. The van der Waals surface area contributed by atoms with Crippen LogP contribution in [0.5, 0.6) is 0 Å². The second-order valence-corrected chi connectivity index (χ2v) is 8.90. The summed E-state index contributed by atoms with van der Waals surface area (Å²) >= 11 is 9.08. The summed E-state index contributed by atoms with van der Waals surface area (Å²) in [5.41, 5.74) is 2.13. The Morgan fingerprint density at radius 1 is 1.30 bits per heavy atom. The van der Waals surface area contributed by atoms with Gasteiger partial charge in [-0.25, -0.2) is 0 Å². The number of nitrogens with zero attached hydrogens (tertiary/aromatic N) is 3. The van der Waals surface area contributed by atoms with E-state index in [1.54, 1.807) is 24.3 Å². The van der Waals surface area contributed by atoms with E-state index in [-0.39, 0.29) is 5.91 Å². The fourth-order valence-corrected chi connectivity index (χ4v) is 5.23. The van der Waals surface area contributed by atoms with Gasteiger partial charge in [0.15, 0.2) is 0 Å². The lowest BCUT2D eigenvalue weighted by Gasteiger charge is -2.34. The largest absolute Gasteiger partial charge is 0.320 e. The predicted octanol–water partition coefficient (Wildman–Crippen LogP) is 5.01. The Hall–Kier alpha value is -1.80. The molecule has 0 fully saturated rings. The third-order valence-electron chi connectivity index (χ3n) is 4.69. The number of nitrogens with one attached hydrogen (secondary N) is 1. The molecule has 1 aromatic carbocycles. The van der Waals surface area contributed by atoms with Gasteiger partial charge in [-0.1, -0.05) is 29.9 Å². The van der Waals surface area contributed by atoms with Crippen LogP contribution in [-0.4, -0.2) is 27.5 Å². The Kier molecular flexibility index (Phi) is 5.54. The van der Waals surface area contributed by atoms with E-state index in [0.29, 0.717) is 21.8 Å². The number of anilines is 1. The SMILES string of the molecule is CCC1c2ccsc2CCN1Cc1nnc(C(=O)Nc2ccc(Cl)cc2)s1. The van der Waals surface area contributed by atoms with Gasteiger partial charge in [0, 0.05) is 28.2 Å². The third-order valence-corrected chi connectivity index (χ3v) is 6.85. The van der Waals surface area contributed by atoms with Crippen molar-refractivity contribution in [3.63, 3.8) is 0 Å². The van der Waals surface area contributed by atoms with E-state index in [1.807, 2.05) is 11.3 Å². The Morgan fingerprint density at radius 3 is 2.89 bits per heavy atom. The zero-order valence-electron chi connectivity index (χ0n) is 14.8. The maximum atomic E-state index is 12.4. The summed E-state index contributed by atoms with van der Waals surface area (Å²) in [6.07, 6.45) is 2.14. The molecular formula is C19H19ClN4OS2. The van der Waals surface area contributed by atoms with Crippen molar-refractivity contribution in [2.24, 2.45) is 0 Å². The average Bonchev–Trinajstić information content (AvgIpc) is 3.33. The molecule has 1 aliphatic heterocycles. The first-order valence-corrected chi connectivity index (χ1v) is 10.9. The van der Waals surface area contributed by atoms with Crippen molar-refractivity contribution in [1.29, 1.82) is 0 Å². The highest BCUT2D eigenvalue weighted by Gasteiger charge is 2.28. The lowest BCUT2D eigenvalue weighted by atomic mass is 9.98. The maximum Gasteiger partial charge on any atom is 0.286 e. The van der Waals surface area contributed by atoms with Gasteiger partial charge in [0.25, 0.3) is 5.91 Å². The summed E-state index contributed by atoms with van der Waals surface area (Å²) in [4.78, 5) is 16.3. The number of halogens is 1. The van der Waals surface area contributed by atoms with Gasteiger partial charge in [-0.3, -0.25) is 9.69 Å². The molecule has 1 atom stereocenters. The molecule has 2 aromatic heterocycles. The number of amides is 1. The highest BCUT2D eigenvalue weighted by atomic mass is 35.5. The smallest absolute Gasteiger partial charge is 0.286 e. The van der Waals surface area contributed by atoms with Crippen molar-refractivity contribution in [2.45, 2.75) is 32.4 Å². The molecule has 5 nitrogen and oxygen atoms in total. The molecule has 1 unspecified atom stereocenters. The fourth-order valence-electron chi connectivity index (χ4n) is 3.42. The molecule has 1 N–H and O–H groups in total. The van der Waals surface area contributed by atoms with Crippen LogP contribution in [0.1, 0.15) is 44.6 Å². The summed E-state index contributed by atoms with van der Waals surface area (Å²) in [7, 11) is 0. The number of hydrogen-bond acceptors (Lipinski definition) is 6. The summed E-state index contributed by atoms with van der Waals surface area (Å²) in [6, 6.07) is 9.66. The van der Waals surface area contributed by atoms with E-state index in [2.05, 4.69) is 38.8 Å². The zero-order chi connectivity index (χ0) is 18.8. The molecule has 0 radical (unpaired) electrons. The van der Waals surface area contributed by atoms with Crippen LogP contribution in [0.25, 0.3) is 0 Å². The molecular weight excluding hydrogens is 400 g/mol. The van der Waals surface area contributed by atoms with Crippen molar-refractivity contribution in [3.05, 3.63) is 61.2 Å². The van der Waals surface area contributed by atoms with Gasteiger partial charge in [-0.05, 0) is 54.1 Å². The number of carbonyl (C=O) groups excluding carboxylic acids is 1. The predicted molar refractivity (Wildman–Crippen MR) is 111 cm³/mol. The van der Waals surface area contributed by atoms with Crippen molar-refractivity contribution < 1.29 is 4.79 Å². The number of rotatable bonds is 5. The van der Waals surface area contributed by atoms with E-state index in [0.717, 1.165) is 30.9 Å². The van der Waals surface area contributed by atoms with Gasteiger partial charge < -0.3 is 5.32 Å². The van der Waals surface area contributed by atoms with Crippen LogP contribution in [0.15, 0.2) is 35.7 Å². The maximum absolute atomic E-state index is 12.4. The van der Waals surface area contributed by atoms with Gasteiger partial charge in [-0.2, -0.15) is 0 Å². The van der Waals surface area contributed by atoms with Crippen molar-refractivity contribution >= 4 is 45.9 Å². The normalized spacial score (nSPS) is 16.9. The third kappa shape index (κ3) is 4.06. The van der Waals surface area contributed by atoms with E-state index in [4.69, 9.17) is 11.6 Å². The van der Waals surface area contributed by atoms with Gasteiger partial charge in [0.2, 0.25) is 5.01 Å². The summed E-state index contributed by atoms with van der Waals surface area (Å²) in [5, 5.41) is 15.2. The summed E-state index contributed by atoms with van der Waals surface area (Å²) in [5.74, 6) is -0.244. The van der Waals surface area contributed by atoms with Crippen molar-refractivity contribution in [1.82, 2.24) is 15.1 Å². The second-order valence-electron chi connectivity index (χ2n) is 6.41. The Balaban J connectivity index is 1.43. The lowest BCUT2D eigenvalue weighted by Crippen LogP contribution is -2.33. The van der Waals surface area contributed by atoms with Crippen LogP contribution in [0.4, 0.5) is 5.69 Å². The number of benzene rings is 1. The van der Waals surface area contributed by atoms with Crippen LogP contribution in [-0.2, 0) is 13.0 Å². The first-order valence-electron chi connectivity index (χ1n) is 8.83. The minimum atomic E-state index is -0.244. The molecule has 1 amide bonds. The monoisotopic (exact) mass is 418 g/mol. The number of aromatic nitrogens is 2. The number of fused-ring (bicyclic) bond motifs is 1. The first kappa shape index (κ1) is 18.6. The molecule has 0 saturated heterocycles. The van der Waals surface area contributed by atoms with Gasteiger partial charge in [0.05, 0.1) is 6.54 Å². The minimum absolute atomic E-state index is 0.244. The molecule has 3 aromatic rings. The van der Waals surface area contributed by atoms with E-state index >= 15 is 0 Å². The van der Waals surface area contributed by atoms with E-state index < -0.39 is 0 Å². The molecule has 140 valence electrons. The Labute approximate surface area is 171 Å². The fraction of sp³-hybridized carbons (Fsp3) is 0.316. The van der Waals surface area contributed by atoms with Crippen LogP contribution < -0.4 is 5.32 Å². The van der Waals surface area contributed by atoms with Crippen LogP contribution in [0, 0.1) is 0 Å². The van der Waals surface area contributed by atoms with Crippen molar-refractivity contribution in [2.75, 3.05) is 11.9 Å². The standard InChI is InChI=1S/C19H19ClN4OS2/c1-2-15-14-8-10-26-16(14)7-9-24(15)11-17-22-23-19(27-17)18(25)21-13-5-3-12(20)4-6-13/h3-6,8,10,15H,2,7,9,11H2,1H3,(H,21,25). The number of carbonyl (C=O) groups is 1. The van der Waals surface area contributed by atoms with Crippen LogP contribution in [0.2, 0.25) is 5.02 Å². The van der Waals surface area contributed by atoms with Gasteiger partial charge in [-0.15, -0.1) is 21.5 Å². The average molecular weight is 419 g/mol. The molecule has 0 bridgehead atoms. The Bertz CT molecular complexity index is 937. The number of thiophene rings is 1. The van der Waals surface area contributed by atoms with Gasteiger partial charge in [0.1, 0.15) is 5.01 Å². The minimum Gasteiger partial charge on any atom is -0.320 e. The molecule has 4 rings (SSSR count). The highest BCUT2D eigenvalue weighted by Crippen LogP contribution is 2.36. The topological polar surface area (TPSA) is 58.1 Å². The second kappa shape index (κ2) is 8.06. The van der Waals surface area contributed by atoms with E-state index in [1.165, 1.54) is 21.8 Å². The van der Waals surface area contributed by atoms with Gasteiger partial charge >= 0.3 is 0 Å². The summed E-state index contributed by atoms with van der Waals surface area (Å²) in [6.45, 7) is 3.95. The molecule has 0 aliphatic carbocycles. The molecule has 27 heavy (non-hydrogen) atoms. The van der Waals surface area contributed by atoms with Crippen LogP contribution in [0.3, 0.4) is 0 Å². The highest BCUT2D eigenvalue weighted by molar-refractivity contribution is 7.13.